The smallest absolute Gasteiger partial charge is 0.340 e. The Hall–Kier alpha value is -8.92. The fourth-order valence-corrected chi connectivity index (χ4v) is 7.59. The van der Waals surface area contributed by atoms with Gasteiger partial charge in [-0.05, 0) is 48.5 Å². The van der Waals surface area contributed by atoms with Gasteiger partial charge >= 0.3 is 29.8 Å². The fourth-order valence-electron chi connectivity index (χ4n) is 7.59. The minimum Gasteiger partial charge on any atom is -0.504 e. The summed E-state index contributed by atoms with van der Waals surface area (Å²) in [5, 5.41) is 146. The molecular weight excluding hydrogens is 924 g/mol. The first-order chi connectivity index (χ1) is 31.8. The van der Waals surface area contributed by atoms with Crippen molar-refractivity contribution in [1.29, 1.82) is 0 Å². The summed E-state index contributed by atoms with van der Waals surface area (Å²) in [6.07, 6.45) is -12.2. The quantitative estimate of drug-likeness (QED) is 0.0473. The van der Waals surface area contributed by atoms with Gasteiger partial charge in [-0.15, -0.1) is 0 Å². The second kappa shape index (κ2) is 15.9. The lowest BCUT2D eigenvalue weighted by Crippen LogP contribution is -2.66. The van der Waals surface area contributed by atoms with Crippen molar-refractivity contribution in [2.24, 2.45) is 0 Å². The van der Waals surface area contributed by atoms with Crippen molar-refractivity contribution in [1.82, 2.24) is 0 Å². The zero-order valence-electron chi connectivity index (χ0n) is 33.4. The number of ketones is 1. The van der Waals surface area contributed by atoms with Crippen LogP contribution < -0.4 is 4.74 Å². The lowest BCUT2D eigenvalue weighted by molar-refractivity contribution is -0.323. The van der Waals surface area contributed by atoms with E-state index in [2.05, 4.69) is 0 Å². The fraction of sp³-hybridized carbons (Fsp3) is 0.220. The number of phenolic OH excluding ortho intramolecular Hbond substituents is 11. The molecule has 0 radical (unpaired) electrons. The number of carbonyl (C=O) groups excluding carboxylic acids is 6. The summed E-state index contributed by atoms with van der Waals surface area (Å²) in [5.74, 6) is -34.3. The van der Waals surface area contributed by atoms with E-state index in [4.69, 9.17) is 33.2 Å². The van der Waals surface area contributed by atoms with Gasteiger partial charge in [0.15, 0.2) is 75.5 Å². The van der Waals surface area contributed by atoms with E-state index in [0.717, 1.165) is 0 Å². The number of carbonyl (C=O) groups is 6. The van der Waals surface area contributed by atoms with Crippen molar-refractivity contribution < 1.29 is 133 Å². The molecule has 14 N–H and O–H groups in total. The number of esters is 5. The van der Waals surface area contributed by atoms with Gasteiger partial charge in [-0.1, -0.05) is 0 Å². The number of fused-ring (bicyclic) bond motifs is 2. The minimum absolute atomic E-state index is 0.162. The summed E-state index contributed by atoms with van der Waals surface area (Å²) >= 11 is 0. The van der Waals surface area contributed by atoms with Crippen LogP contribution >= 0.6 is 0 Å². The van der Waals surface area contributed by atoms with Crippen molar-refractivity contribution in [3.05, 3.63) is 81.9 Å². The molecule has 356 valence electrons. The molecule has 8 rings (SSSR count). The van der Waals surface area contributed by atoms with E-state index in [9.17, 15) is 100 Å². The number of aromatic hydroxyl groups is 11. The normalized spacial score (nSPS) is 24.6. The Kier molecular flexibility index (Phi) is 10.7. The Morgan fingerprint density at radius 1 is 0.574 bits per heavy atom. The van der Waals surface area contributed by atoms with Gasteiger partial charge in [0.05, 0.1) is 33.7 Å². The Bertz CT molecular complexity index is 2870. The second-order valence-corrected chi connectivity index (χ2v) is 15.1. The standard InChI is InChI=1S/C41H30O27/c42-15-1-10(2-16(43)26(15)50)34(54)64-30-22-9-62-37(57)13-7-21(48)29(53)31-24(13)25-14(8-23(49)40(59,60)41(25,61)68-31)38(58)65-32(30)33(66-35(55)11-3-17(44)27(51)18(45)4-11)39(63-22)67-36(56)12-5-19(46)28(52)20(47)6-12/h1-8,22,25,30,32-33,39,42-48,50-53,59-61H,9H2/t22-,25+,30-,32+,33-,39+,41-/m1/s1. The third-order valence-corrected chi connectivity index (χ3v) is 10.9. The molecule has 4 aromatic carbocycles. The molecule has 4 aliphatic rings. The van der Waals surface area contributed by atoms with E-state index in [-0.39, 0.29) is 6.08 Å². The van der Waals surface area contributed by atoms with Gasteiger partial charge in [0.2, 0.25) is 23.9 Å². The molecular formula is C41H30O27. The lowest BCUT2D eigenvalue weighted by atomic mass is 9.74. The number of rotatable bonds is 6. The van der Waals surface area contributed by atoms with E-state index in [1.807, 2.05) is 0 Å². The highest BCUT2D eigenvalue weighted by Gasteiger charge is 2.70. The molecule has 27 nitrogen and oxygen atoms in total. The van der Waals surface area contributed by atoms with E-state index >= 15 is 0 Å². The predicted octanol–water partition coefficient (Wildman–Crippen LogP) is -1.08. The maximum absolute atomic E-state index is 14.7. The molecule has 27 heteroatoms. The van der Waals surface area contributed by atoms with Crippen LogP contribution in [-0.4, -0.2) is 156 Å². The van der Waals surface area contributed by atoms with Gasteiger partial charge < -0.3 is 105 Å². The van der Waals surface area contributed by atoms with Crippen molar-refractivity contribution in [2.75, 3.05) is 6.61 Å². The molecule has 1 saturated heterocycles. The van der Waals surface area contributed by atoms with Crippen molar-refractivity contribution in [2.45, 2.75) is 48.2 Å². The van der Waals surface area contributed by atoms with Gasteiger partial charge in [-0.2, -0.15) is 0 Å². The average molecular weight is 955 g/mol. The highest BCUT2D eigenvalue weighted by Crippen LogP contribution is 2.59. The summed E-state index contributed by atoms with van der Waals surface area (Å²) in [5.41, 5.74) is -5.36. The molecule has 0 amide bonds. The molecule has 7 atom stereocenters. The Labute approximate surface area is 374 Å². The van der Waals surface area contributed by atoms with Crippen LogP contribution in [-0.2, 0) is 38.0 Å². The van der Waals surface area contributed by atoms with E-state index in [1.54, 1.807) is 0 Å². The number of hydrogen-bond donors (Lipinski definition) is 14. The zero-order valence-corrected chi connectivity index (χ0v) is 33.4. The number of benzene rings is 4. The third-order valence-electron chi connectivity index (χ3n) is 10.9. The molecule has 0 aromatic heterocycles. The lowest BCUT2D eigenvalue weighted by Gasteiger charge is -2.45. The first-order valence-corrected chi connectivity index (χ1v) is 19.0. The van der Waals surface area contributed by atoms with Crippen LogP contribution in [0.1, 0.15) is 52.9 Å². The SMILES string of the molecule is O=C1O[C@@H]2[C@@H](OC(=O)c3cc(O)c(O)c(O)c3)[C@H](OC(=O)c3cc(O)c(O)c(O)c3)O[C@H](COC(=O)c3cc(O)c(O)c4c3[C@@H]3C1=CC(=O)C(O)(O)[C@]3(O)O4)[C@H]2OC(=O)c1cc(O)c(O)c(O)c1. The maximum Gasteiger partial charge on any atom is 0.340 e. The van der Waals surface area contributed by atoms with Crippen LogP contribution in [0, 0.1) is 0 Å². The first-order valence-electron chi connectivity index (χ1n) is 19.0. The summed E-state index contributed by atoms with van der Waals surface area (Å²) < 4.78 is 38.8. The summed E-state index contributed by atoms with van der Waals surface area (Å²) in [6, 6.07) is 3.76. The first kappa shape index (κ1) is 45.6. The zero-order chi connectivity index (χ0) is 49.6. The molecule has 2 bridgehead atoms. The van der Waals surface area contributed by atoms with Gasteiger partial charge in [0.1, 0.15) is 12.7 Å². The summed E-state index contributed by atoms with van der Waals surface area (Å²) in [4.78, 5) is 83.5. The highest BCUT2D eigenvalue weighted by molar-refractivity contribution is 6.08. The molecule has 0 saturated carbocycles. The van der Waals surface area contributed by atoms with Crippen LogP contribution in [0.25, 0.3) is 0 Å². The second-order valence-electron chi connectivity index (χ2n) is 15.1. The van der Waals surface area contributed by atoms with Gasteiger partial charge in [0, 0.05) is 5.56 Å². The summed E-state index contributed by atoms with van der Waals surface area (Å²) in [6.45, 7) is -1.27. The maximum atomic E-state index is 14.7. The number of aliphatic hydroxyl groups is 3. The van der Waals surface area contributed by atoms with Crippen LogP contribution in [0.5, 0.6) is 69.0 Å². The van der Waals surface area contributed by atoms with Gasteiger partial charge in [-0.3, -0.25) is 4.79 Å². The average Bonchev–Trinajstić information content (AvgIpc) is 3.61. The third kappa shape index (κ3) is 7.18. The van der Waals surface area contributed by atoms with Crippen LogP contribution in [0.4, 0.5) is 0 Å². The summed E-state index contributed by atoms with van der Waals surface area (Å²) in [7, 11) is 0. The largest absolute Gasteiger partial charge is 0.504 e. The van der Waals surface area contributed by atoms with Crippen LogP contribution in [0.2, 0.25) is 0 Å². The number of cyclic esters (lactones) is 1. The number of hydrogen-bond acceptors (Lipinski definition) is 27. The molecule has 3 aliphatic heterocycles. The molecule has 0 unspecified atom stereocenters. The van der Waals surface area contributed by atoms with Crippen molar-refractivity contribution in [3.63, 3.8) is 0 Å². The van der Waals surface area contributed by atoms with Crippen LogP contribution in [0.15, 0.2) is 54.1 Å². The topological polar surface area (TPSA) is 450 Å². The van der Waals surface area contributed by atoms with Gasteiger partial charge in [0.25, 0.3) is 11.6 Å². The van der Waals surface area contributed by atoms with Crippen LogP contribution in [0.3, 0.4) is 0 Å². The Morgan fingerprint density at radius 3 is 1.50 bits per heavy atom. The molecule has 0 spiro atoms. The van der Waals surface area contributed by atoms with E-state index in [0.29, 0.717) is 42.5 Å². The molecule has 3 heterocycles. The number of ether oxygens (including phenoxy) is 7. The number of phenols is 11. The highest BCUT2D eigenvalue weighted by atomic mass is 16.8. The molecule has 4 aromatic rings. The molecule has 1 fully saturated rings. The van der Waals surface area contributed by atoms with Crippen molar-refractivity contribution in [3.8, 4) is 69.0 Å². The Balaban J connectivity index is 1.33. The molecule has 1 aliphatic carbocycles. The van der Waals surface area contributed by atoms with E-state index < -0.39 is 193 Å². The van der Waals surface area contributed by atoms with Crippen molar-refractivity contribution >= 4 is 35.6 Å². The monoisotopic (exact) mass is 954 g/mol. The van der Waals surface area contributed by atoms with E-state index in [1.165, 1.54) is 0 Å². The van der Waals surface area contributed by atoms with Gasteiger partial charge in [-0.25, -0.2) is 24.0 Å². The Morgan fingerprint density at radius 2 is 1.01 bits per heavy atom. The predicted molar refractivity (Wildman–Crippen MR) is 205 cm³/mol. The molecule has 68 heavy (non-hydrogen) atoms. The minimum atomic E-state index is -4.04.